The zero-order chi connectivity index (χ0) is 20.9. The second kappa shape index (κ2) is 9.62. The maximum Gasteiger partial charge on any atom is 0.310 e. The summed E-state index contributed by atoms with van der Waals surface area (Å²) in [5.41, 5.74) is 1.68. The SMILES string of the molecule is O=[N+]([O-])c1cnc(NCc2ccccc2Cl)cc1N1CCC(C2CCNCC2)CC1. The summed E-state index contributed by atoms with van der Waals surface area (Å²) < 4.78 is 0. The molecule has 0 unspecified atom stereocenters. The van der Waals surface area contributed by atoms with Gasteiger partial charge < -0.3 is 15.5 Å². The van der Waals surface area contributed by atoms with Crippen LogP contribution in [0.4, 0.5) is 17.2 Å². The fraction of sp³-hybridized carbons (Fsp3) is 0.500. The van der Waals surface area contributed by atoms with Gasteiger partial charge in [-0.05, 0) is 62.2 Å². The van der Waals surface area contributed by atoms with Crippen LogP contribution in [0.25, 0.3) is 0 Å². The topological polar surface area (TPSA) is 83.3 Å². The summed E-state index contributed by atoms with van der Waals surface area (Å²) in [7, 11) is 0. The molecule has 7 nitrogen and oxygen atoms in total. The smallest absolute Gasteiger partial charge is 0.310 e. The van der Waals surface area contributed by atoms with Crippen molar-refractivity contribution in [3.05, 3.63) is 57.2 Å². The van der Waals surface area contributed by atoms with E-state index in [4.69, 9.17) is 11.6 Å². The molecule has 1 aromatic heterocycles. The highest BCUT2D eigenvalue weighted by Crippen LogP contribution is 2.36. The molecule has 1 aromatic carbocycles. The molecule has 0 radical (unpaired) electrons. The van der Waals surface area contributed by atoms with Crippen molar-refractivity contribution < 1.29 is 4.92 Å². The minimum atomic E-state index is -0.334. The molecule has 2 fully saturated rings. The normalized spacial score (nSPS) is 18.4. The molecule has 2 N–H and O–H groups in total. The average Bonchev–Trinajstić information content (AvgIpc) is 2.79. The zero-order valence-electron chi connectivity index (χ0n) is 17.0. The lowest BCUT2D eigenvalue weighted by Crippen LogP contribution is -2.39. The summed E-state index contributed by atoms with van der Waals surface area (Å²) in [4.78, 5) is 17.7. The molecular formula is C22H28ClN5O2. The zero-order valence-corrected chi connectivity index (χ0v) is 17.8. The lowest BCUT2D eigenvalue weighted by molar-refractivity contribution is -0.384. The number of halogens is 1. The molecule has 0 spiro atoms. The average molecular weight is 430 g/mol. The Morgan fingerprint density at radius 1 is 1.17 bits per heavy atom. The summed E-state index contributed by atoms with van der Waals surface area (Å²) in [5, 5.41) is 19.0. The maximum absolute atomic E-state index is 11.6. The van der Waals surface area contributed by atoms with Crippen LogP contribution < -0.4 is 15.5 Å². The molecule has 2 aromatic rings. The number of pyridine rings is 1. The van der Waals surface area contributed by atoms with Gasteiger partial charge in [0.2, 0.25) is 0 Å². The molecule has 2 aliphatic rings. The summed E-state index contributed by atoms with van der Waals surface area (Å²) >= 11 is 6.23. The third-order valence-electron chi connectivity index (χ3n) is 6.41. The van der Waals surface area contributed by atoms with E-state index in [0.717, 1.165) is 56.4 Å². The van der Waals surface area contributed by atoms with Gasteiger partial charge in [-0.2, -0.15) is 0 Å². The highest BCUT2D eigenvalue weighted by molar-refractivity contribution is 6.31. The number of piperidine rings is 2. The molecule has 0 bridgehead atoms. The fourth-order valence-corrected chi connectivity index (χ4v) is 4.89. The Morgan fingerprint density at radius 2 is 1.87 bits per heavy atom. The second-order valence-corrected chi connectivity index (χ2v) is 8.58. The molecule has 0 saturated carbocycles. The van der Waals surface area contributed by atoms with Crippen molar-refractivity contribution >= 4 is 28.8 Å². The maximum atomic E-state index is 11.6. The van der Waals surface area contributed by atoms with E-state index in [9.17, 15) is 10.1 Å². The number of aromatic nitrogens is 1. The van der Waals surface area contributed by atoms with Crippen molar-refractivity contribution in [2.24, 2.45) is 11.8 Å². The molecule has 2 saturated heterocycles. The van der Waals surface area contributed by atoms with E-state index in [2.05, 4.69) is 20.5 Å². The highest BCUT2D eigenvalue weighted by Gasteiger charge is 2.30. The summed E-state index contributed by atoms with van der Waals surface area (Å²) in [6, 6.07) is 9.43. The molecule has 0 aliphatic carbocycles. The van der Waals surface area contributed by atoms with Gasteiger partial charge in [0.15, 0.2) is 0 Å². The van der Waals surface area contributed by atoms with Crippen LogP contribution in [-0.2, 0) is 6.54 Å². The Bertz CT molecular complexity index is 880. The fourth-order valence-electron chi connectivity index (χ4n) is 4.68. The number of nitro groups is 1. The van der Waals surface area contributed by atoms with E-state index in [1.807, 2.05) is 24.3 Å². The van der Waals surface area contributed by atoms with Crippen LogP contribution in [0.15, 0.2) is 36.5 Å². The van der Waals surface area contributed by atoms with Gasteiger partial charge in [0.25, 0.3) is 0 Å². The Labute approximate surface area is 182 Å². The standard InChI is InChI=1S/C22H28ClN5O2/c23-19-4-2-1-3-18(19)14-25-22-13-20(21(15-26-22)28(29)30)27-11-7-17(8-12-27)16-5-9-24-10-6-16/h1-4,13,15-17,24H,5-12,14H2,(H,25,26). The number of hydrogen-bond acceptors (Lipinski definition) is 6. The van der Waals surface area contributed by atoms with E-state index < -0.39 is 0 Å². The van der Waals surface area contributed by atoms with Crippen LogP contribution in [0.1, 0.15) is 31.2 Å². The molecule has 3 heterocycles. The van der Waals surface area contributed by atoms with Crippen LogP contribution in [-0.4, -0.2) is 36.1 Å². The van der Waals surface area contributed by atoms with Gasteiger partial charge in [0.05, 0.1) is 4.92 Å². The second-order valence-electron chi connectivity index (χ2n) is 8.17. The Kier molecular flexibility index (Phi) is 6.69. The largest absolute Gasteiger partial charge is 0.366 e. The van der Waals surface area contributed by atoms with Gasteiger partial charge in [0, 0.05) is 30.7 Å². The van der Waals surface area contributed by atoms with Crippen molar-refractivity contribution in [3.8, 4) is 0 Å². The van der Waals surface area contributed by atoms with Crippen molar-refractivity contribution in [3.63, 3.8) is 0 Å². The van der Waals surface area contributed by atoms with E-state index in [1.165, 1.54) is 19.0 Å². The molecule has 4 rings (SSSR count). The first-order chi connectivity index (χ1) is 14.6. The number of anilines is 2. The van der Waals surface area contributed by atoms with Crippen molar-refractivity contribution in [2.45, 2.75) is 32.2 Å². The summed E-state index contributed by atoms with van der Waals surface area (Å²) in [5.74, 6) is 2.13. The molecule has 8 heteroatoms. The predicted octanol–water partition coefficient (Wildman–Crippen LogP) is 4.47. The van der Waals surface area contributed by atoms with E-state index in [-0.39, 0.29) is 10.6 Å². The minimum absolute atomic E-state index is 0.0682. The summed E-state index contributed by atoms with van der Waals surface area (Å²) in [6.07, 6.45) is 6.04. The van der Waals surface area contributed by atoms with Crippen molar-refractivity contribution in [1.29, 1.82) is 0 Å². The van der Waals surface area contributed by atoms with E-state index >= 15 is 0 Å². The van der Waals surface area contributed by atoms with Gasteiger partial charge >= 0.3 is 5.69 Å². The van der Waals surface area contributed by atoms with Crippen LogP contribution in [0.5, 0.6) is 0 Å². The monoisotopic (exact) mass is 429 g/mol. The number of nitrogens with zero attached hydrogens (tertiary/aromatic N) is 3. The summed E-state index contributed by atoms with van der Waals surface area (Å²) in [6.45, 7) is 4.44. The van der Waals surface area contributed by atoms with Gasteiger partial charge in [-0.25, -0.2) is 4.98 Å². The number of benzene rings is 1. The first-order valence-corrected chi connectivity index (χ1v) is 11.1. The van der Waals surface area contributed by atoms with Crippen molar-refractivity contribution in [1.82, 2.24) is 10.3 Å². The Balaban J connectivity index is 1.45. The molecule has 2 aliphatic heterocycles. The molecule has 30 heavy (non-hydrogen) atoms. The quantitative estimate of drug-likeness (QED) is 0.520. The third-order valence-corrected chi connectivity index (χ3v) is 6.78. The van der Waals surface area contributed by atoms with Crippen LogP contribution >= 0.6 is 11.6 Å². The highest BCUT2D eigenvalue weighted by atomic mass is 35.5. The minimum Gasteiger partial charge on any atom is -0.366 e. The van der Waals surface area contributed by atoms with E-state index in [0.29, 0.717) is 23.1 Å². The third kappa shape index (κ3) is 4.84. The van der Waals surface area contributed by atoms with Gasteiger partial charge in [-0.1, -0.05) is 29.8 Å². The molecule has 160 valence electrons. The van der Waals surface area contributed by atoms with Gasteiger partial charge in [0.1, 0.15) is 17.7 Å². The lowest BCUT2D eigenvalue weighted by Gasteiger charge is -2.38. The predicted molar refractivity (Wildman–Crippen MR) is 120 cm³/mol. The van der Waals surface area contributed by atoms with Crippen LogP contribution in [0.2, 0.25) is 5.02 Å². The van der Waals surface area contributed by atoms with Crippen LogP contribution in [0.3, 0.4) is 0 Å². The lowest BCUT2D eigenvalue weighted by atomic mass is 9.79. The van der Waals surface area contributed by atoms with Crippen molar-refractivity contribution in [2.75, 3.05) is 36.4 Å². The number of hydrogen-bond donors (Lipinski definition) is 2. The first-order valence-electron chi connectivity index (χ1n) is 10.7. The van der Waals surface area contributed by atoms with Crippen LogP contribution in [0, 0.1) is 22.0 Å². The number of nitrogens with one attached hydrogen (secondary N) is 2. The Morgan fingerprint density at radius 3 is 2.57 bits per heavy atom. The van der Waals surface area contributed by atoms with Gasteiger partial charge in [-0.3, -0.25) is 10.1 Å². The Hall–Kier alpha value is -2.38. The van der Waals surface area contributed by atoms with E-state index in [1.54, 1.807) is 6.07 Å². The first kappa shape index (κ1) is 20.9. The molecular weight excluding hydrogens is 402 g/mol. The molecule has 0 amide bonds. The molecule has 0 atom stereocenters. The number of rotatable bonds is 6. The van der Waals surface area contributed by atoms with Gasteiger partial charge in [-0.15, -0.1) is 0 Å².